The van der Waals surface area contributed by atoms with Crippen molar-refractivity contribution in [1.29, 1.82) is 0 Å². The Bertz CT molecular complexity index is 359. The predicted octanol–water partition coefficient (Wildman–Crippen LogP) is 1.07. The Morgan fingerprint density at radius 3 is 2.43 bits per heavy atom. The molecule has 5 heteroatoms. The van der Waals surface area contributed by atoms with Crippen molar-refractivity contribution in [3.8, 4) is 0 Å². The SMILES string of the molecule is Cc1nnn(/C(=C\C=O)C(C)(C)C)n1. The van der Waals surface area contributed by atoms with Gasteiger partial charge in [-0.15, -0.1) is 15.0 Å². The van der Waals surface area contributed by atoms with E-state index in [0.29, 0.717) is 5.82 Å². The van der Waals surface area contributed by atoms with Gasteiger partial charge in [-0.1, -0.05) is 20.8 Å². The summed E-state index contributed by atoms with van der Waals surface area (Å²) in [6.07, 6.45) is 2.19. The molecule has 0 unspecified atom stereocenters. The highest BCUT2D eigenvalue weighted by molar-refractivity contribution is 5.75. The van der Waals surface area contributed by atoms with E-state index < -0.39 is 0 Å². The summed E-state index contributed by atoms with van der Waals surface area (Å²) < 4.78 is 0. The summed E-state index contributed by atoms with van der Waals surface area (Å²) in [6, 6.07) is 0. The zero-order valence-corrected chi connectivity index (χ0v) is 8.85. The summed E-state index contributed by atoms with van der Waals surface area (Å²) in [6.45, 7) is 7.72. The largest absolute Gasteiger partial charge is 0.298 e. The molecule has 1 aromatic heterocycles. The summed E-state index contributed by atoms with van der Waals surface area (Å²) in [5.74, 6) is 0.589. The van der Waals surface area contributed by atoms with E-state index in [4.69, 9.17) is 0 Å². The minimum Gasteiger partial charge on any atom is -0.298 e. The van der Waals surface area contributed by atoms with Gasteiger partial charge in [0.25, 0.3) is 0 Å². The molecule has 0 bridgehead atoms. The molecule has 0 spiro atoms. The molecule has 0 aromatic carbocycles. The molecule has 1 rings (SSSR count). The fourth-order valence-electron chi connectivity index (χ4n) is 1.07. The third-order valence-electron chi connectivity index (χ3n) is 1.72. The lowest BCUT2D eigenvalue weighted by molar-refractivity contribution is -0.104. The zero-order valence-electron chi connectivity index (χ0n) is 8.85. The number of carbonyl (C=O) groups excluding carboxylic acids is 1. The molecule has 0 N–H and O–H groups in total. The van der Waals surface area contributed by atoms with Gasteiger partial charge in [0.2, 0.25) is 0 Å². The average Bonchev–Trinajstić information content (AvgIpc) is 2.45. The minimum atomic E-state index is -0.186. The number of tetrazole rings is 1. The molecule has 0 saturated carbocycles. The normalized spacial score (nSPS) is 13.0. The minimum absolute atomic E-state index is 0.186. The molecule has 0 atom stereocenters. The fourth-order valence-corrected chi connectivity index (χ4v) is 1.07. The van der Waals surface area contributed by atoms with Crippen LogP contribution in [-0.4, -0.2) is 26.5 Å². The highest BCUT2D eigenvalue weighted by Crippen LogP contribution is 2.27. The Kier molecular flexibility index (Phi) is 2.78. The van der Waals surface area contributed by atoms with Crippen LogP contribution in [0.3, 0.4) is 0 Å². The molecule has 1 aromatic rings. The van der Waals surface area contributed by atoms with Crippen LogP contribution in [-0.2, 0) is 4.79 Å². The van der Waals surface area contributed by atoms with Gasteiger partial charge in [0.15, 0.2) is 5.82 Å². The van der Waals surface area contributed by atoms with Gasteiger partial charge in [0.05, 0.1) is 5.70 Å². The smallest absolute Gasteiger partial charge is 0.172 e. The van der Waals surface area contributed by atoms with Gasteiger partial charge >= 0.3 is 0 Å². The number of hydrogen-bond acceptors (Lipinski definition) is 4. The Morgan fingerprint density at radius 1 is 1.43 bits per heavy atom. The van der Waals surface area contributed by atoms with Crippen molar-refractivity contribution in [2.45, 2.75) is 27.7 Å². The summed E-state index contributed by atoms with van der Waals surface area (Å²) in [5.41, 5.74) is 0.543. The Balaban J connectivity index is 3.14. The standard InChI is InChI=1S/C9H14N4O/c1-7-10-12-13(11-7)8(5-6-14)9(2,3)4/h5-6H,1-4H3/b8-5-. The lowest BCUT2D eigenvalue weighted by Crippen LogP contribution is -2.17. The van der Waals surface area contributed by atoms with Crippen molar-refractivity contribution in [1.82, 2.24) is 20.2 Å². The highest BCUT2D eigenvalue weighted by atomic mass is 16.1. The van der Waals surface area contributed by atoms with E-state index in [1.807, 2.05) is 20.8 Å². The van der Waals surface area contributed by atoms with Crippen molar-refractivity contribution in [2.75, 3.05) is 0 Å². The van der Waals surface area contributed by atoms with Gasteiger partial charge in [-0.25, -0.2) is 0 Å². The van der Waals surface area contributed by atoms with Crippen LogP contribution in [0.2, 0.25) is 0 Å². The van der Waals surface area contributed by atoms with Gasteiger partial charge in [0.1, 0.15) is 6.29 Å². The first kappa shape index (κ1) is 10.6. The Hall–Kier alpha value is -1.52. The summed E-state index contributed by atoms with van der Waals surface area (Å²) >= 11 is 0. The second kappa shape index (κ2) is 3.69. The maximum absolute atomic E-state index is 10.5. The van der Waals surface area contributed by atoms with Crippen LogP contribution in [0.25, 0.3) is 5.70 Å². The van der Waals surface area contributed by atoms with E-state index in [0.717, 1.165) is 12.0 Å². The molecule has 0 fully saturated rings. The van der Waals surface area contributed by atoms with Gasteiger partial charge in [0, 0.05) is 11.5 Å². The summed E-state index contributed by atoms with van der Waals surface area (Å²) in [5, 5.41) is 11.7. The van der Waals surface area contributed by atoms with Crippen molar-refractivity contribution in [2.24, 2.45) is 5.41 Å². The van der Waals surface area contributed by atoms with E-state index in [9.17, 15) is 4.79 Å². The van der Waals surface area contributed by atoms with E-state index in [2.05, 4.69) is 15.4 Å². The number of carbonyl (C=O) groups is 1. The molecule has 76 valence electrons. The van der Waals surface area contributed by atoms with Gasteiger partial charge in [-0.3, -0.25) is 4.79 Å². The van der Waals surface area contributed by atoms with Crippen LogP contribution in [0.15, 0.2) is 6.08 Å². The van der Waals surface area contributed by atoms with Crippen LogP contribution in [0.5, 0.6) is 0 Å². The second-order valence-corrected chi connectivity index (χ2v) is 4.06. The summed E-state index contributed by atoms with van der Waals surface area (Å²) in [4.78, 5) is 11.9. The molecule has 0 saturated heterocycles. The number of aryl methyl sites for hydroxylation is 1. The van der Waals surface area contributed by atoms with Crippen molar-refractivity contribution in [3.05, 3.63) is 11.9 Å². The van der Waals surface area contributed by atoms with E-state index in [-0.39, 0.29) is 5.41 Å². The molecule has 0 amide bonds. The first-order chi connectivity index (χ1) is 6.45. The number of rotatable bonds is 2. The number of aldehydes is 1. The third-order valence-corrected chi connectivity index (χ3v) is 1.72. The zero-order chi connectivity index (χ0) is 10.8. The van der Waals surface area contributed by atoms with Crippen LogP contribution in [0, 0.1) is 12.3 Å². The average molecular weight is 194 g/mol. The van der Waals surface area contributed by atoms with E-state index in [1.54, 1.807) is 6.92 Å². The molecule has 0 aliphatic heterocycles. The van der Waals surface area contributed by atoms with Crippen LogP contribution >= 0.6 is 0 Å². The van der Waals surface area contributed by atoms with E-state index >= 15 is 0 Å². The second-order valence-electron chi connectivity index (χ2n) is 4.06. The Labute approximate surface area is 82.8 Å². The Morgan fingerprint density at radius 2 is 2.07 bits per heavy atom. The molecule has 0 aliphatic carbocycles. The van der Waals surface area contributed by atoms with Crippen molar-refractivity contribution < 1.29 is 4.79 Å². The topological polar surface area (TPSA) is 60.7 Å². The quantitative estimate of drug-likeness (QED) is 0.522. The van der Waals surface area contributed by atoms with Gasteiger partial charge in [-0.2, -0.15) is 0 Å². The van der Waals surface area contributed by atoms with Crippen molar-refractivity contribution in [3.63, 3.8) is 0 Å². The first-order valence-electron chi connectivity index (χ1n) is 4.38. The molecule has 5 nitrogen and oxygen atoms in total. The van der Waals surface area contributed by atoms with E-state index in [1.165, 1.54) is 10.9 Å². The van der Waals surface area contributed by atoms with Gasteiger partial charge in [-0.05, 0) is 12.1 Å². The van der Waals surface area contributed by atoms with Crippen LogP contribution < -0.4 is 0 Å². The first-order valence-corrected chi connectivity index (χ1v) is 4.38. The lowest BCUT2D eigenvalue weighted by Gasteiger charge is -2.20. The van der Waals surface area contributed by atoms with Crippen molar-refractivity contribution >= 4 is 12.0 Å². The fraction of sp³-hybridized carbons (Fsp3) is 0.556. The molecular formula is C9H14N4O. The molecular weight excluding hydrogens is 180 g/mol. The lowest BCUT2D eigenvalue weighted by atomic mass is 9.92. The highest BCUT2D eigenvalue weighted by Gasteiger charge is 2.20. The maximum Gasteiger partial charge on any atom is 0.172 e. The predicted molar refractivity (Wildman–Crippen MR) is 52.3 cm³/mol. The monoisotopic (exact) mass is 194 g/mol. The van der Waals surface area contributed by atoms with Gasteiger partial charge < -0.3 is 0 Å². The molecule has 0 aliphatic rings. The third kappa shape index (κ3) is 2.25. The maximum atomic E-state index is 10.5. The van der Waals surface area contributed by atoms with Crippen LogP contribution in [0.4, 0.5) is 0 Å². The van der Waals surface area contributed by atoms with Crippen LogP contribution in [0.1, 0.15) is 26.6 Å². The molecule has 14 heavy (non-hydrogen) atoms. The molecule has 0 radical (unpaired) electrons. The number of nitrogens with zero attached hydrogens (tertiary/aromatic N) is 4. The number of aromatic nitrogens is 4. The number of allylic oxidation sites excluding steroid dienone is 2. The summed E-state index contributed by atoms with van der Waals surface area (Å²) in [7, 11) is 0. The molecule has 1 heterocycles. The number of hydrogen-bond donors (Lipinski definition) is 0.